The first-order valence-electron chi connectivity index (χ1n) is 8.88. The van der Waals surface area contributed by atoms with Crippen LogP contribution in [0.2, 0.25) is 0 Å². The Morgan fingerprint density at radius 2 is 2.07 bits per heavy atom. The average Bonchev–Trinajstić information content (AvgIpc) is 2.69. The number of benzene rings is 1. The summed E-state index contributed by atoms with van der Waals surface area (Å²) in [5, 5.41) is 12.8. The van der Waals surface area contributed by atoms with Crippen LogP contribution in [-0.4, -0.2) is 52.0 Å². The van der Waals surface area contributed by atoms with E-state index in [2.05, 4.69) is 10.3 Å². The number of likely N-dealkylation sites (tertiary alicyclic amines) is 1. The van der Waals surface area contributed by atoms with Crippen LogP contribution in [0.15, 0.2) is 42.6 Å². The molecule has 2 atom stereocenters. The Morgan fingerprint density at radius 3 is 2.82 bits per heavy atom. The molecule has 2 aromatic rings. The van der Waals surface area contributed by atoms with Crippen LogP contribution in [-0.2, 0) is 16.0 Å². The molecule has 0 unspecified atom stereocenters. The van der Waals surface area contributed by atoms with E-state index in [1.807, 2.05) is 12.1 Å². The van der Waals surface area contributed by atoms with Crippen molar-refractivity contribution in [3.63, 3.8) is 0 Å². The molecule has 0 spiro atoms. The number of aromatic nitrogens is 1. The van der Waals surface area contributed by atoms with Gasteiger partial charge in [0, 0.05) is 19.3 Å². The Balaban J connectivity index is 1.58. The van der Waals surface area contributed by atoms with Gasteiger partial charge in [-0.05, 0) is 36.2 Å². The van der Waals surface area contributed by atoms with Gasteiger partial charge in [-0.1, -0.05) is 12.1 Å². The fourth-order valence-corrected chi connectivity index (χ4v) is 3.73. The van der Waals surface area contributed by atoms with E-state index in [0.29, 0.717) is 30.2 Å². The Hall–Kier alpha value is -3.62. The lowest BCUT2D eigenvalue weighted by Crippen LogP contribution is -2.69. The minimum Gasteiger partial charge on any atom is -0.480 e. The molecular formula is C19H19N5O4. The third-order valence-corrected chi connectivity index (χ3v) is 5.05. The van der Waals surface area contributed by atoms with Crippen LogP contribution < -0.4 is 16.0 Å². The van der Waals surface area contributed by atoms with Gasteiger partial charge >= 0.3 is 12.0 Å². The second kappa shape index (κ2) is 6.84. The minimum atomic E-state index is -1.21. The van der Waals surface area contributed by atoms with Gasteiger partial charge in [0.25, 0.3) is 0 Å². The van der Waals surface area contributed by atoms with Gasteiger partial charge in [-0.3, -0.25) is 9.69 Å². The van der Waals surface area contributed by atoms with Gasteiger partial charge < -0.3 is 16.2 Å². The van der Waals surface area contributed by atoms with Crippen molar-refractivity contribution in [3.05, 3.63) is 48.2 Å². The third kappa shape index (κ3) is 2.90. The van der Waals surface area contributed by atoms with Crippen LogP contribution >= 0.6 is 0 Å². The molecular weight excluding hydrogens is 362 g/mol. The van der Waals surface area contributed by atoms with E-state index in [0.717, 1.165) is 10.6 Å². The first kappa shape index (κ1) is 17.8. The number of carbonyl (C=O) groups is 3. The number of carboxylic acid groups (broad SMARTS) is 1. The van der Waals surface area contributed by atoms with Crippen LogP contribution in [0.3, 0.4) is 0 Å². The largest absolute Gasteiger partial charge is 0.480 e. The van der Waals surface area contributed by atoms with E-state index in [1.54, 1.807) is 24.3 Å². The summed E-state index contributed by atoms with van der Waals surface area (Å²) in [5.41, 5.74) is 7.75. The molecule has 4 N–H and O–H groups in total. The van der Waals surface area contributed by atoms with Crippen LogP contribution in [0.25, 0.3) is 0 Å². The number of anilines is 3. The number of imide groups is 1. The summed E-state index contributed by atoms with van der Waals surface area (Å²) >= 11 is 0. The van der Waals surface area contributed by atoms with Gasteiger partial charge in [0.1, 0.15) is 5.82 Å². The van der Waals surface area contributed by atoms with Crippen molar-refractivity contribution < 1.29 is 19.5 Å². The average molecular weight is 381 g/mol. The topological polar surface area (TPSA) is 129 Å². The van der Waals surface area contributed by atoms with Crippen LogP contribution in [0, 0.1) is 5.92 Å². The number of carbonyl (C=O) groups excluding carboxylic acids is 2. The molecule has 3 heterocycles. The van der Waals surface area contributed by atoms with Gasteiger partial charge in [-0.15, -0.1) is 0 Å². The summed E-state index contributed by atoms with van der Waals surface area (Å²) < 4.78 is 0. The number of hydrogen-bond acceptors (Lipinski definition) is 6. The van der Waals surface area contributed by atoms with Crippen LogP contribution in [0.5, 0.6) is 0 Å². The molecule has 2 aliphatic heterocycles. The minimum absolute atomic E-state index is 0.185. The number of nitrogens with zero attached hydrogens (tertiary/aromatic N) is 3. The zero-order chi connectivity index (χ0) is 19.8. The molecule has 28 heavy (non-hydrogen) atoms. The molecule has 1 aromatic heterocycles. The molecule has 4 rings (SSSR count). The predicted molar refractivity (Wildman–Crippen MR) is 102 cm³/mol. The van der Waals surface area contributed by atoms with Crippen molar-refractivity contribution in [2.24, 2.45) is 5.92 Å². The number of rotatable bonds is 3. The highest BCUT2D eigenvalue weighted by atomic mass is 16.4. The number of nitrogens with two attached hydrogens (primary N) is 1. The molecule has 0 saturated carbocycles. The number of fused-ring (bicyclic) bond motifs is 1. The second-order valence-electron chi connectivity index (χ2n) is 6.77. The maximum atomic E-state index is 13.0. The van der Waals surface area contributed by atoms with Crippen LogP contribution in [0.4, 0.5) is 22.0 Å². The van der Waals surface area contributed by atoms with E-state index in [1.165, 1.54) is 11.1 Å². The number of aliphatic carboxylic acids is 1. The van der Waals surface area contributed by atoms with E-state index in [9.17, 15) is 19.5 Å². The molecule has 0 radical (unpaired) electrons. The molecule has 1 fully saturated rings. The van der Waals surface area contributed by atoms with E-state index >= 15 is 0 Å². The SMILES string of the molecule is Nc1cc(C[C@H]2C(=O)N(C(=O)N3CCNc4ccccc43)[C@@H]2C(=O)O)ccn1. The Labute approximate surface area is 160 Å². The molecule has 1 saturated heterocycles. The second-order valence-corrected chi connectivity index (χ2v) is 6.77. The normalized spacial score (nSPS) is 20.8. The number of nitrogens with one attached hydrogen (secondary N) is 1. The molecule has 9 nitrogen and oxygen atoms in total. The van der Waals surface area contributed by atoms with Gasteiger partial charge in [-0.25, -0.2) is 19.5 Å². The van der Waals surface area contributed by atoms with Crippen molar-refractivity contribution >= 4 is 35.1 Å². The van der Waals surface area contributed by atoms with Crippen molar-refractivity contribution in [3.8, 4) is 0 Å². The lowest BCUT2D eigenvalue weighted by molar-refractivity contribution is -0.165. The maximum Gasteiger partial charge on any atom is 0.332 e. The molecule has 1 aromatic carbocycles. The lowest BCUT2D eigenvalue weighted by Gasteiger charge is -2.45. The molecule has 3 amide bonds. The zero-order valence-electron chi connectivity index (χ0n) is 14.9. The number of hydrogen-bond donors (Lipinski definition) is 3. The summed E-state index contributed by atoms with van der Waals surface area (Å²) in [6.07, 6.45) is 1.69. The van der Waals surface area contributed by atoms with E-state index < -0.39 is 29.9 Å². The Bertz CT molecular complexity index is 963. The number of para-hydroxylation sites is 2. The predicted octanol–water partition coefficient (Wildman–Crippen LogP) is 1.17. The van der Waals surface area contributed by atoms with Crippen molar-refractivity contribution in [2.75, 3.05) is 29.0 Å². The summed E-state index contributed by atoms with van der Waals surface area (Å²) in [5.74, 6) is -2.23. The quantitative estimate of drug-likeness (QED) is 0.681. The number of β-lactam (4-membered cyclic amide) rings is 1. The van der Waals surface area contributed by atoms with E-state index in [4.69, 9.17) is 5.73 Å². The van der Waals surface area contributed by atoms with Crippen molar-refractivity contribution in [1.82, 2.24) is 9.88 Å². The fourth-order valence-electron chi connectivity index (χ4n) is 3.73. The zero-order valence-corrected chi connectivity index (χ0v) is 14.9. The molecule has 0 bridgehead atoms. The molecule has 0 aliphatic carbocycles. The molecule has 9 heteroatoms. The number of nitrogen functional groups attached to an aromatic ring is 1. The molecule has 2 aliphatic rings. The van der Waals surface area contributed by atoms with Gasteiger partial charge in [0.15, 0.2) is 6.04 Å². The van der Waals surface area contributed by atoms with E-state index in [-0.39, 0.29) is 6.42 Å². The summed E-state index contributed by atoms with van der Waals surface area (Å²) in [6.45, 7) is 0.861. The number of amides is 3. The first-order chi connectivity index (χ1) is 13.5. The molecule has 144 valence electrons. The van der Waals surface area contributed by atoms with Gasteiger partial charge in [0.05, 0.1) is 17.3 Å². The highest BCUT2D eigenvalue weighted by molar-refractivity contribution is 6.12. The first-order valence-corrected chi connectivity index (χ1v) is 8.88. The van der Waals surface area contributed by atoms with Gasteiger partial charge in [-0.2, -0.15) is 0 Å². The summed E-state index contributed by atoms with van der Waals surface area (Å²) in [6, 6.07) is 8.67. The summed E-state index contributed by atoms with van der Waals surface area (Å²) in [4.78, 5) is 43.7. The van der Waals surface area contributed by atoms with Crippen molar-refractivity contribution in [1.29, 1.82) is 0 Å². The Morgan fingerprint density at radius 1 is 1.29 bits per heavy atom. The summed E-state index contributed by atoms with van der Waals surface area (Å²) in [7, 11) is 0. The lowest BCUT2D eigenvalue weighted by atomic mass is 9.82. The number of pyridine rings is 1. The third-order valence-electron chi connectivity index (χ3n) is 5.05. The smallest absolute Gasteiger partial charge is 0.332 e. The van der Waals surface area contributed by atoms with Gasteiger partial charge in [0.2, 0.25) is 5.91 Å². The number of urea groups is 1. The standard InChI is InChI=1S/C19H19N5O4/c20-15-10-11(5-6-22-15)9-12-16(18(26)27)24(17(12)25)19(28)23-8-7-21-13-3-1-2-4-14(13)23/h1-6,10,12,16,21H,7-9H2,(H2,20,22)(H,26,27)/t12-,16+/m1/s1. The Kier molecular flexibility index (Phi) is 4.34. The maximum absolute atomic E-state index is 13.0. The fraction of sp³-hybridized carbons (Fsp3) is 0.263. The monoisotopic (exact) mass is 381 g/mol. The highest BCUT2D eigenvalue weighted by Gasteiger charge is 2.55. The van der Waals surface area contributed by atoms with Crippen molar-refractivity contribution in [2.45, 2.75) is 12.5 Å². The highest BCUT2D eigenvalue weighted by Crippen LogP contribution is 2.35. The van der Waals surface area contributed by atoms with Crippen LogP contribution in [0.1, 0.15) is 5.56 Å². The number of carboxylic acids is 1.